The zero-order valence-corrected chi connectivity index (χ0v) is 10.0. The Morgan fingerprint density at radius 3 is 2.76 bits per heavy atom. The summed E-state index contributed by atoms with van der Waals surface area (Å²) in [7, 11) is 0. The van der Waals surface area contributed by atoms with Gasteiger partial charge >= 0.3 is 0 Å². The predicted molar refractivity (Wildman–Crippen MR) is 71.9 cm³/mol. The van der Waals surface area contributed by atoms with E-state index in [9.17, 15) is 0 Å². The molecule has 4 N–H and O–H groups in total. The van der Waals surface area contributed by atoms with Crippen LogP contribution in [0.25, 0.3) is 21.7 Å². The first kappa shape index (κ1) is 10.4. The quantitative estimate of drug-likeness (QED) is 0.673. The Balaban J connectivity index is 2.27. The highest BCUT2D eigenvalue weighted by molar-refractivity contribution is 6.06. The van der Waals surface area contributed by atoms with E-state index in [0.717, 1.165) is 6.42 Å². The maximum Gasteiger partial charge on any atom is 0.0856 e. The van der Waals surface area contributed by atoms with E-state index < -0.39 is 0 Å². The van der Waals surface area contributed by atoms with Crippen molar-refractivity contribution in [2.45, 2.75) is 19.4 Å². The molecule has 1 heterocycles. The molecule has 2 nitrogen and oxygen atoms in total. The monoisotopic (exact) mass is 225 g/mol. The number of aromatic amines is 1. The van der Waals surface area contributed by atoms with Gasteiger partial charge in [0.15, 0.2) is 0 Å². The van der Waals surface area contributed by atoms with Crippen LogP contribution in [-0.4, -0.2) is 11.0 Å². The number of aromatic nitrogens is 1. The molecule has 1 aromatic heterocycles. The minimum atomic E-state index is 0.445. The average Bonchev–Trinajstić information content (AvgIpc) is 2.72. The molecule has 3 rings (SSSR count). The molecule has 0 aliphatic heterocycles. The van der Waals surface area contributed by atoms with Gasteiger partial charge in [0.25, 0.3) is 0 Å². The van der Waals surface area contributed by atoms with E-state index in [-0.39, 0.29) is 0 Å². The topological polar surface area (TPSA) is 43.4 Å². The molecule has 2 aromatic carbocycles. The van der Waals surface area contributed by atoms with Gasteiger partial charge in [-0.1, -0.05) is 36.4 Å². The van der Waals surface area contributed by atoms with Gasteiger partial charge in [0, 0.05) is 23.4 Å². The molecule has 0 saturated heterocycles. The van der Waals surface area contributed by atoms with Crippen LogP contribution in [0.3, 0.4) is 0 Å². The van der Waals surface area contributed by atoms with Crippen molar-refractivity contribution < 1.29 is 5.73 Å². The Morgan fingerprint density at radius 1 is 1.12 bits per heavy atom. The van der Waals surface area contributed by atoms with Crippen molar-refractivity contribution >= 4 is 21.7 Å². The van der Waals surface area contributed by atoms with E-state index in [1.54, 1.807) is 0 Å². The van der Waals surface area contributed by atoms with Crippen LogP contribution in [0.4, 0.5) is 0 Å². The van der Waals surface area contributed by atoms with E-state index in [2.05, 4.69) is 60.2 Å². The molecule has 3 aromatic rings. The van der Waals surface area contributed by atoms with Crippen LogP contribution >= 0.6 is 0 Å². The third-order valence-corrected chi connectivity index (χ3v) is 3.23. The molecule has 0 aliphatic carbocycles. The van der Waals surface area contributed by atoms with Crippen LogP contribution in [0.1, 0.15) is 12.5 Å². The maximum atomic E-state index is 4.07. The highest BCUT2D eigenvalue weighted by Gasteiger charge is 2.09. The van der Waals surface area contributed by atoms with Crippen LogP contribution in [-0.2, 0) is 6.42 Å². The summed E-state index contributed by atoms with van der Waals surface area (Å²) >= 11 is 0. The fraction of sp³-hybridized carbons (Fsp3) is 0.200. The van der Waals surface area contributed by atoms with Gasteiger partial charge in [0.2, 0.25) is 0 Å². The van der Waals surface area contributed by atoms with E-state index >= 15 is 0 Å². The van der Waals surface area contributed by atoms with E-state index in [1.807, 2.05) is 0 Å². The molecule has 0 spiro atoms. The van der Waals surface area contributed by atoms with Crippen molar-refractivity contribution in [3.63, 3.8) is 0 Å². The summed E-state index contributed by atoms with van der Waals surface area (Å²) < 4.78 is 0. The van der Waals surface area contributed by atoms with Gasteiger partial charge in [-0.05, 0) is 17.9 Å². The molecule has 0 saturated carbocycles. The number of hydrogen-bond donors (Lipinski definition) is 2. The lowest BCUT2D eigenvalue weighted by atomic mass is 10.0. The lowest BCUT2D eigenvalue weighted by Gasteiger charge is -2.02. The van der Waals surface area contributed by atoms with Crippen LogP contribution in [0.15, 0.2) is 42.6 Å². The summed E-state index contributed by atoms with van der Waals surface area (Å²) in [5, 5.41) is 3.92. The van der Waals surface area contributed by atoms with E-state index in [4.69, 9.17) is 0 Å². The third kappa shape index (κ3) is 1.71. The van der Waals surface area contributed by atoms with Gasteiger partial charge in [0.05, 0.1) is 11.6 Å². The van der Waals surface area contributed by atoms with Crippen molar-refractivity contribution in [2.24, 2.45) is 0 Å². The number of hydrogen-bond acceptors (Lipinski definition) is 0. The molecule has 86 valence electrons. The lowest BCUT2D eigenvalue weighted by Crippen LogP contribution is -2.60. The van der Waals surface area contributed by atoms with Crippen molar-refractivity contribution in [3.8, 4) is 0 Å². The first-order valence-corrected chi connectivity index (χ1v) is 6.06. The van der Waals surface area contributed by atoms with Gasteiger partial charge in [-0.3, -0.25) is 0 Å². The molecular weight excluding hydrogens is 208 g/mol. The summed E-state index contributed by atoms with van der Waals surface area (Å²) in [5.74, 6) is 0. The van der Waals surface area contributed by atoms with Crippen LogP contribution in [0.5, 0.6) is 0 Å². The average molecular weight is 225 g/mol. The lowest BCUT2D eigenvalue weighted by molar-refractivity contribution is -0.413. The van der Waals surface area contributed by atoms with Crippen molar-refractivity contribution in [2.75, 3.05) is 0 Å². The second kappa shape index (κ2) is 3.90. The van der Waals surface area contributed by atoms with Gasteiger partial charge in [-0.2, -0.15) is 0 Å². The van der Waals surface area contributed by atoms with Gasteiger partial charge in [-0.25, -0.2) is 0 Å². The number of quaternary nitrogens is 1. The molecule has 0 fully saturated rings. The number of fused-ring (bicyclic) bond motifs is 3. The fourth-order valence-electron chi connectivity index (χ4n) is 2.48. The van der Waals surface area contributed by atoms with Crippen molar-refractivity contribution in [1.29, 1.82) is 0 Å². The Labute approximate surface area is 100 Å². The van der Waals surface area contributed by atoms with Gasteiger partial charge in [-0.15, -0.1) is 0 Å². The Kier molecular flexibility index (Phi) is 2.37. The third-order valence-electron chi connectivity index (χ3n) is 3.23. The molecule has 0 radical (unpaired) electrons. The van der Waals surface area contributed by atoms with Gasteiger partial charge in [0.1, 0.15) is 0 Å². The smallest absolute Gasteiger partial charge is 0.0856 e. The first-order chi connectivity index (χ1) is 8.25. The van der Waals surface area contributed by atoms with Crippen LogP contribution in [0, 0.1) is 0 Å². The number of nitrogens with one attached hydrogen (secondary N) is 1. The maximum absolute atomic E-state index is 4.07. The summed E-state index contributed by atoms with van der Waals surface area (Å²) in [4.78, 5) is 3.41. The molecule has 0 aliphatic rings. The molecule has 2 heteroatoms. The Hall–Kier alpha value is -1.80. The van der Waals surface area contributed by atoms with E-state index in [1.165, 1.54) is 27.2 Å². The summed E-state index contributed by atoms with van der Waals surface area (Å²) in [6.45, 7) is 2.15. The standard InChI is InChI=1S/C15H16N2/c1-10(16)8-12-9-17-15-13-5-3-2-4-11(13)6-7-14(12)15/h2-7,9-10,17H,8,16H2,1H3/p+1. The highest BCUT2D eigenvalue weighted by atomic mass is 14.7. The second-order valence-electron chi connectivity index (χ2n) is 4.83. The van der Waals surface area contributed by atoms with Gasteiger partial charge < -0.3 is 10.7 Å². The Morgan fingerprint density at radius 2 is 1.94 bits per heavy atom. The number of H-pyrrole nitrogens is 1. The van der Waals surface area contributed by atoms with E-state index in [0.29, 0.717) is 6.04 Å². The zero-order chi connectivity index (χ0) is 11.8. The minimum absolute atomic E-state index is 0.445. The second-order valence-corrected chi connectivity index (χ2v) is 4.83. The largest absolute Gasteiger partial charge is 0.360 e. The summed E-state index contributed by atoms with van der Waals surface area (Å²) in [5.41, 5.74) is 6.69. The van der Waals surface area contributed by atoms with Crippen LogP contribution in [0.2, 0.25) is 0 Å². The SMILES string of the molecule is CC([NH3+])Cc1c[nH]c2c1ccc1ccccc12. The minimum Gasteiger partial charge on any atom is -0.360 e. The molecule has 0 amide bonds. The number of benzene rings is 2. The molecular formula is C15H17N2+. The highest BCUT2D eigenvalue weighted by Crippen LogP contribution is 2.27. The Bertz CT molecular complexity index is 665. The molecule has 1 atom stereocenters. The molecule has 0 bridgehead atoms. The summed E-state index contributed by atoms with van der Waals surface area (Å²) in [6.07, 6.45) is 3.15. The first-order valence-electron chi connectivity index (χ1n) is 6.06. The molecule has 17 heavy (non-hydrogen) atoms. The van der Waals surface area contributed by atoms with Crippen molar-refractivity contribution in [1.82, 2.24) is 4.98 Å². The van der Waals surface area contributed by atoms with Crippen LogP contribution < -0.4 is 5.73 Å². The summed E-state index contributed by atoms with van der Waals surface area (Å²) in [6, 6.07) is 13.3. The number of rotatable bonds is 2. The normalized spacial score (nSPS) is 13.3. The molecule has 1 unspecified atom stereocenters. The fourth-order valence-corrected chi connectivity index (χ4v) is 2.48. The predicted octanol–water partition coefficient (Wildman–Crippen LogP) is 2.49. The van der Waals surface area contributed by atoms with Crippen molar-refractivity contribution in [3.05, 3.63) is 48.2 Å². The zero-order valence-electron chi connectivity index (χ0n) is 10.0.